The van der Waals surface area contributed by atoms with Crippen molar-refractivity contribution in [2.45, 2.75) is 0 Å². The van der Waals surface area contributed by atoms with E-state index in [1.807, 2.05) is 22.6 Å². The second kappa shape index (κ2) is 5.63. The lowest BCUT2D eigenvalue weighted by atomic mass is 10.3. The van der Waals surface area contributed by atoms with Crippen molar-refractivity contribution in [3.63, 3.8) is 0 Å². The lowest BCUT2D eigenvalue weighted by molar-refractivity contribution is 0.627. The van der Waals surface area contributed by atoms with Crippen LogP contribution in [0.25, 0.3) is 0 Å². The molecule has 1 heterocycles. The van der Waals surface area contributed by atoms with E-state index in [-0.39, 0.29) is 11.8 Å². The summed E-state index contributed by atoms with van der Waals surface area (Å²) in [6.45, 7) is 0. The number of nitrogens with one attached hydrogen (secondary N) is 2. The largest absolute Gasteiger partial charge is 0.338 e. The van der Waals surface area contributed by atoms with Gasteiger partial charge < -0.3 is 5.32 Å². The van der Waals surface area contributed by atoms with Crippen LogP contribution in [0.2, 0.25) is 5.02 Å². The molecule has 8 heteroatoms. The molecular formula is C10H8ClFIN5. The molecule has 0 saturated carbocycles. The normalized spacial score (nSPS) is 10.2. The van der Waals surface area contributed by atoms with Crippen LogP contribution in [0.4, 0.5) is 21.8 Å². The Morgan fingerprint density at radius 1 is 1.39 bits per heavy atom. The zero-order valence-electron chi connectivity index (χ0n) is 8.92. The van der Waals surface area contributed by atoms with Gasteiger partial charge in [0.25, 0.3) is 0 Å². The van der Waals surface area contributed by atoms with Gasteiger partial charge in [0, 0.05) is 3.57 Å². The molecule has 0 aliphatic heterocycles. The van der Waals surface area contributed by atoms with Gasteiger partial charge in [0.05, 0.1) is 11.9 Å². The molecule has 0 saturated heterocycles. The summed E-state index contributed by atoms with van der Waals surface area (Å²) >= 11 is 7.97. The van der Waals surface area contributed by atoms with E-state index >= 15 is 0 Å². The third-order valence-corrected chi connectivity index (χ3v) is 3.23. The van der Waals surface area contributed by atoms with Gasteiger partial charge in [-0.1, -0.05) is 11.6 Å². The minimum atomic E-state index is -0.303. The van der Waals surface area contributed by atoms with Crippen molar-refractivity contribution in [1.29, 1.82) is 0 Å². The predicted octanol–water partition coefficient (Wildman–Crippen LogP) is 2.90. The monoisotopic (exact) mass is 379 g/mol. The van der Waals surface area contributed by atoms with Crippen LogP contribution in [0.3, 0.4) is 0 Å². The van der Waals surface area contributed by atoms with Gasteiger partial charge >= 0.3 is 0 Å². The molecule has 0 bridgehead atoms. The minimum Gasteiger partial charge on any atom is -0.338 e. The number of nitrogen functional groups attached to an aromatic ring is 1. The number of rotatable bonds is 3. The molecule has 0 unspecified atom stereocenters. The molecule has 18 heavy (non-hydrogen) atoms. The highest BCUT2D eigenvalue weighted by Gasteiger charge is 2.08. The SMILES string of the molecule is NNc1ncc(Cl)c(Nc2ccc(F)cc2I)n1. The molecule has 5 nitrogen and oxygen atoms in total. The Hall–Kier alpha value is -1.19. The molecule has 0 atom stereocenters. The van der Waals surface area contributed by atoms with Crippen molar-refractivity contribution in [2.24, 2.45) is 5.84 Å². The number of benzene rings is 1. The van der Waals surface area contributed by atoms with Gasteiger partial charge in [-0.3, -0.25) is 5.43 Å². The molecule has 0 fully saturated rings. The summed E-state index contributed by atoms with van der Waals surface area (Å²) in [7, 11) is 0. The van der Waals surface area contributed by atoms with Crippen LogP contribution in [0.1, 0.15) is 0 Å². The molecule has 4 N–H and O–H groups in total. The first-order valence-electron chi connectivity index (χ1n) is 4.81. The van der Waals surface area contributed by atoms with Gasteiger partial charge in [-0.15, -0.1) is 0 Å². The Labute approximate surface area is 121 Å². The van der Waals surface area contributed by atoms with Crippen molar-refractivity contribution in [3.8, 4) is 0 Å². The van der Waals surface area contributed by atoms with E-state index < -0.39 is 0 Å². The van der Waals surface area contributed by atoms with Crippen LogP contribution >= 0.6 is 34.2 Å². The molecule has 2 rings (SSSR count). The number of hydrogen-bond acceptors (Lipinski definition) is 5. The number of hydrazine groups is 1. The second-order valence-electron chi connectivity index (χ2n) is 3.28. The standard InChI is InChI=1S/C10H8ClFIN5/c11-6-4-15-10(18-14)17-9(6)16-8-2-1-5(12)3-7(8)13/h1-4H,14H2,(H2,15,16,17,18). The van der Waals surface area contributed by atoms with Crippen LogP contribution in [0.5, 0.6) is 0 Å². The van der Waals surface area contributed by atoms with E-state index in [1.165, 1.54) is 18.3 Å². The van der Waals surface area contributed by atoms with Crippen molar-refractivity contribution in [2.75, 3.05) is 10.7 Å². The van der Waals surface area contributed by atoms with Crippen molar-refractivity contribution in [1.82, 2.24) is 9.97 Å². The van der Waals surface area contributed by atoms with E-state index in [0.29, 0.717) is 20.1 Å². The van der Waals surface area contributed by atoms with Crippen molar-refractivity contribution in [3.05, 3.63) is 38.8 Å². The van der Waals surface area contributed by atoms with E-state index in [4.69, 9.17) is 17.4 Å². The Bertz CT molecular complexity index is 580. The van der Waals surface area contributed by atoms with E-state index in [2.05, 4.69) is 20.7 Å². The Kier molecular flexibility index (Phi) is 4.15. The first-order chi connectivity index (χ1) is 8.60. The summed E-state index contributed by atoms with van der Waals surface area (Å²) < 4.78 is 13.7. The average Bonchev–Trinajstić information content (AvgIpc) is 2.35. The lowest BCUT2D eigenvalue weighted by Crippen LogP contribution is -2.11. The minimum absolute atomic E-state index is 0.235. The zero-order chi connectivity index (χ0) is 13.1. The summed E-state index contributed by atoms with van der Waals surface area (Å²) in [5.41, 5.74) is 3.02. The Morgan fingerprint density at radius 3 is 2.83 bits per heavy atom. The predicted molar refractivity (Wildman–Crippen MR) is 77.3 cm³/mol. The highest BCUT2D eigenvalue weighted by Crippen LogP contribution is 2.26. The number of anilines is 3. The van der Waals surface area contributed by atoms with E-state index in [0.717, 1.165) is 0 Å². The molecule has 0 aliphatic rings. The van der Waals surface area contributed by atoms with Crippen LogP contribution in [0, 0.1) is 9.39 Å². The molecule has 1 aromatic carbocycles. The van der Waals surface area contributed by atoms with Gasteiger partial charge in [0.2, 0.25) is 5.95 Å². The summed E-state index contributed by atoms with van der Waals surface area (Å²) in [6.07, 6.45) is 1.42. The summed E-state index contributed by atoms with van der Waals surface area (Å²) in [4.78, 5) is 7.92. The molecule has 0 radical (unpaired) electrons. The summed E-state index contributed by atoms with van der Waals surface area (Å²) in [5.74, 6) is 5.54. The van der Waals surface area contributed by atoms with E-state index in [9.17, 15) is 4.39 Å². The number of hydrogen-bond donors (Lipinski definition) is 3. The van der Waals surface area contributed by atoms with Gasteiger partial charge in [0.15, 0.2) is 5.82 Å². The first kappa shape index (κ1) is 13.2. The topological polar surface area (TPSA) is 75.9 Å². The van der Waals surface area contributed by atoms with Gasteiger partial charge in [0.1, 0.15) is 10.8 Å². The Balaban J connectivity index is 2.33. The van der Waals surface area contributed by atoms with Crippen LogP contribution in [-0.2, 0) is 0 Å². The van der Waals surface area contributed by atoms with Gasteiger partial charge in [-0.2, -0.15) is 4.98 Å². The molecule has 2 aromatic rings. The average molecular weight is 380 g/mol. The fraction of sp³-hybridized carbons (Fsp3) is 0. The third kappa shape index (κ3) is 2.98. The maximum atomic E-state index is 13.0. The lowest BCUT2D eigenvalue weighted by Gasteiger charge is -2.10. The van der Waals surface area contributed by atoms with Crippen molar-refractivity contribution >= 4 is 51.6 Å². The number of halogens is 3. The number of aromatic nitrogens is 2. The molecule has 94 valence electrons. The first-order valence-corrected chi connectivity index (χ1v) is 6.27. The molecule has 1 aromatic heterocycles. The van der Waals surface area contributed by atoms with Crippen LogP contribution in [0.15, 0.2) is 24.4 Å². The zero-order valence-corrected chi connectivity index (χ0v) is 11.8. The fourth-order valence-electron chi connectivity index (χ4n) is 1.24. The van der Waals surface area contributed by atoms with Gasteiger partial charge in [-0.05, 0) is 40.8 Å². The molecular weight excluding hydrogens is 371 g/mol. The maximum absolute atomic E-state index is 13.0. The maximum Gasteiger partial charge on any atom is 0.239 e. The highest BCUT2D eigenvalue weighted by molar-refractivity contribution is 14.1. The highest BCUT2D eigenvalue weighted by atomic mass is 127. The second-order valence-corrected chi connectivity index (χ2v) is 4.85. The van der Waals surface area contributed by atoms with E-state index in [1.54, 1.807) is 6.07 Å². The molecule has 0 spiro atoms. The van der Waals surface area contributed by atoms with Gasteiger partial charge in [-0.25, -0.2) is 15.2 Å². The molecule has 0 amide bonds. The molecule has 0 aliphatic carbocycles. The quantitative estimate of drug-likeness (QED) is 0.434. The third-order valence-electron chi connectivity index (χ3n) is 2.06. The summed E-state index contributed by atoms with van der Waals surface area (Å²) in [6, 6.07) is 4.35. The smallest absolute Gasteiger partial charge is 0.239 e. The number of nitrogens with two attached hydrogens (primary N) is 1. The fourth-order valence-corrected chi connectivity index (χ4v) is 1.99. The number of nitrogens with zero attached hydrogens (tertiary/aromatic N) is 2. The van der Waals surface area contributed by atoms with Crippen LogP contribution in [-0.4, -0.2) is 9.97 Å². The summed E-state index contributed by atoms with van der Waals surface area (Å²) in [5, 5.41) is 3.33. The van der Waals surface area contributed by atoms with Crippen LogP contribution < -0.4 is 16.6 Å². The Morgan fingerprint density at radius 2 is 2.17 bits per heavy atom. The van der Waals surface area contributed by atoms with Crippen molar-refractivity contribution < 1.29 is 4.39 Å².